The van der Waals surface area contributed by atoms with Crippen LogP contribution >= 0.6 is 0 Å². The third-order valence-electron chi connectivity index (χ3n) is 4.85. The Balaban J connectivity index is 1.43. The zero-order valence-corrected chi connectivity index (χ0v) is 16.4. The molecule has 146 valence electrons. The summed E-state index contributed by atoms with van der Waals surface area (Å²) in [6, 6.07) is 10.5. The van der Waals surface area contributed by atoms with Crippen molar-refractivity contribution in [3.05, 3.63) is 36.0 Å². The maximum absolute atomic E-state index is 12.4. The predicted octanol–water partition coefficient (Wildman–Crippen LogP) is 3.79. The first-order chi connectivity index (χ1) is 12.8. The van der Waals surface area contributed by atoms with Crippen LogP contribution in [-0.4, -0.2) is 47.1 Å². The van der Waals surface area contributed by atoms with Crippen molar-refractivity contribution in [1.29, 1.82) is 0 Å². The maximum atomic E-state index is 12.4. The van der Waals surface area contributed by atoms with Gasteiger partial charge in [-0.3, -0.25) is 4.79 Å². The number of fused-ring (bicyclic) bond motifs is 1. The number of hydrogen-bond donors (Lipinski definition) is 2. The number of rotatable bonds is 4. The molecule has 6 heteroatoms. The Morgan fingerprint density at radius 3 is 2.59 bits per heavy atom. The summed E-state index contributed by atoms with van der Waals surface area (Å²) in [6.07, 6.45) is 1.74. The van der Waals surface area contributed by atoms with E-state index in [1.165, 1.54) is 16.6 Å². The molecule has 2 aromatic rings. The first-order valence-electron chi connectivity index (χ1n) is 9.64. The van der Waals surface area contributed by atoms with Crippen molar-refractivity contribution in [2.24, 2.45) is 0 Å². The summed E-state index contributed by atoms with van der Waals surface area (Å²) in [5, 5.41) is 3.88. The number of aromatic nitrogens is 1. The van der Waals surface area contributed by atoms with E-state index in [1.54, 1.807) is 0 Å². The molecular formula is C21H29N3O3. The zero-order chi connectivity index (χ0) is 19.4. The Morgan fingerprint density at radius 1 is 1.22 bits per heavy atom. The highest BCUT2D eigenvalue weighted by atomic mass is 16.6. The van der Waals surface area contributed by atoms with Crippen molar-refractivity contribution in [1.82, 2.24) is 15.2 Å². The number of nitrogens with one attached hydrogen (secondary N) is 2. The molecule has 1 fully saturated rings. The lowest BCUT2D eigenvalue weighted by Crippen LogP contribution is -2.40. The molecule has 2 N–H and O–H groups in total. The van der Waals surface area contributed by atoms with Crippen molar-refractivity contribution < 1.29 is 14.3 Å². The Bertz CT molecular complexity index is 765. The summed E-state index contributed by atoms with van der Waals surface area (Å²) in [5.74, 6) is 0.544. The number of ether oxygens (including phenoxy) is 1. The number of carbonyl (C=O) groups excluding carboxylic acids is 2. The number of para-hydroxylation sites is 1. The van der Waals surface area contributed by atoms with Crippen molar-refractivity contribution >= 4 is 22.9 Å². The molecule has 6 nitrogen and oxygen atoms in total. The van der Waals surface area contributed by atoms with E-state index >= 15 is 0 Å². The van der Waals surface area contributed by atoms with Crippen LogP contribution in [0.2, 0.25) is 0 Å². The Labute approximate surface area is 160 Å². The van der Waals surface area contributed by atoms with Crippen molar-refractivity contribution in [2.75, 3.05) is 19.6 Å². The fourth-order valence-electron chi connectivity index (χ4n) is 3.50. The number of carbonyl (C=O) groups is 2. The number of piperidine rings is 1. The summed E-state index contributed by atoms with van der Waals surface area (Å²) in [5.41, 5.74) is 1.90. The van der Waals surface area contributed by atoms with E-state index in [1.807, 2.05) is 37.8 Å². The van der Waals surface area contributed by atoms with E-state index in [0.29, 0.717) is 18.9 Å². The Kier molecular flexibility index (Phi) is 5.73. The molecule has 0 radical (unpaired) electrons. The largest absolute Gasteiger partial charge is 0.444 e. The highest BCUT2D eigenvalue weighted by Crippen LogP contribution is 2.30. The lowest BCUT2D eigenvalue weighted by molar-refractivity contribution is -0.132. The minimum Gasteiger partial charge on any atom is -0.444 e. The van der Waals surface area contributed by atoms with Crippen LogP contribution in [0, 0.1) is 0 Å². The number of amides is 2. The minimum absolute atomic E-state index is 0.0844. The van der Waals surface area contributed by atoms with Crippen LogP contribution in [0.3, 0.4) is 0 Å². The van der Waals surface area contributed by atoms with Crippen LogP contribution in [0.15, 0.2) is 30.3 Å². The molecule has 1 aromatic carbocycles. The van der Waals surface area contributed by atoms with E-state index in [0.717, 1.165) is 25.9 Å². The van der Waals surface area contributed by atoms with Crippen molar-refractivity contribution in [3.8, 4) is 0 Å². The topological polar surface area (TPSA) is 74.4 Å². The van der Waals surface area contributed by atoms with Gasteiger partial charge in [0.05, 0.1) is 0 Å². The Morgan fingerprint density at radius 2 is 1.93 bits per heavy atom. The second-order valence-electron chi connectivity index (χ2n) is 8.15. The maximum Gasteiger partial charge on any atom is 0.407 e. The SMILES string of the molecule is CC(C)(C)OC(=O)NCCC(=O)N1CCC(c2cc3ccccc3[nH]2)CC1. The first-order valence-corrected chi connectivity index (χ1v) is 9.64. The number of H-pyrrole nitrogens is 1. The molecule has 0 unspecified atom stereocenters. The Hall–Kier alpha value is -2.50. The van der Waals surface area contributed by atoms with Gasteiger partial charge in [0.2, 0.25) is 5.91 Å². The van der Waals surface area contributed by atoms with E-state index in [9.17, 15) is 9.59 Å². The molecule has 2 amide bonds. The highest BCUT2D eigenvalue weighted by Gasteiger charge is 2.25. The zero-order valence-electron chi connectivity index (χ0n) is 16.4. The molecule has 0 atom stereocenters. The molecule has 0 spiro atoms. The molecule has 2 heterocycles. The monoisotopic (exact) mass is 371 g/mol. The quantitative estimate of drug-likeness (QED) is 0.859. The number of benzene rings is 1. The highest BCUT2D eigenvalue weighted by molar-refractivity contribution is 5.80. The van der Waals surface area contributed by atoms with Crippen molar-refractivity contribution in [3.63, 3.8) is 0 Å². The third-order valence-corrected chi connectivity index (χ3v) is 4.85. The van der Waals surface area contributed by atoms with Crippen LogP contribution in [0.1, 0.15) is 51.6 Å². The summed E-state index contributed by atoms with van der Waals surface area (Å²) < 4.78 is 5.17. The summed E-state index contributed by atoms with van der Waals surface area (Å²) in [6.45, 7) is 7.26. The standard InChI is InChI=1S/C21H29N3O3/c1-21(2,3)27-20(26)22-11-8-19(25)24-12-9-15(10-13-24)18-14-16-6-4-5-7-17(16)23-18/h4-7,14-15,23H,8-13H2,1-3H3,(H,22,26). The summed E-state index contributed by atoms with van der Waals surface area (Å²) in [7, 11) is 0. The predicted molar refractivity (Wildman–Crippen MR) is 106 cm³/mol. The molecule has 0 bridgehead atoms. The molecule has 1 saturated heterocycles. The van der Waals surface area contributed by atoms with Gasteiger partial charge in [0.25, 0.3) is 0 Å². The van der Waals surface area contributed by atoms with Gasteiger partial charge in [-0.15, -0.1) is 0 Å². The van der Waals surface area contributed by atoms with Gasteiger partial charge >= 0.3 is 6.09 Å². The number of nitrogens with zero attached hydrogens (tertiary/aromatic N) is 1. The van der Waals surface area contributed by atoms with Gasteiger partial charge in [-0.1, -0.05) is 18.2 Å². The van der Waals surface area contributed by atoms with Crippen LogP contribution in [0.5, 0.6) is 0 Å². The number of aromatic amines is 1. The molecule has 0 saturated carbocycles. The normalized spacial score (nSPS) is 15.7. The second-order valence-corrected chi connectivity index (χ2v) is 8.15. The van der Waals surface area contributed by atoms with Crippen molar-refractivity contribution in [2.45, 2.75) is 51.6 Å². The second kappa shape index (κ2) is 8.03. The average molecular weight is 371 g/mol. The van der Waals surface area contributed by atoms with E-state index < -0.39 is 11.7 Å². The van der Waals surface area contributed by atoms with E-state index in [2.05, 4.69) is 28.5 Å². The third kappa shape index (κ3) is 5.25. The van der Waals surface area contributed by atoms with Crippen LogP contribution in [-0.2, 0) is 9.53 Å². The number of hydrogen-bond acceptors (Lipinski definition) is 3. The summed E-state index contributed by atoms with van der Waals surface area (Å²) >= 11 is 0. The molecule has 3 rings (SSSR count). The minimum atomic E-state index is -0.529. The number of alkyl carbamates (subject to hydrolysis) is 1. The molecular weight excluding hydrogens is 342 g/mol. The number of likely N-dealkylation sites (tertiary alicyclic amines) is 1. The van der Waals surface area contributed by atoms with Gasteiger partial charge in [0.1, 0.15) is 5.60 Å². The average Bonchev–Trinajstić information content (AvgIpc) is 3.04. The first kappa shape index (κ1) is 19.3. The molecule has 27 heavy (non-hydrogen) atoms. The van der Waals surface area contributed by atoms with E-state index in [4.69, 9.17) is 4.74 Å². The fraction of sp³-hybridized carbons (Fsp3) is 0.524. The van der Waals surface area contributed by atoms with Gasteiger partial charge in [-0.05, 0) is 51.1 Å². The molecule has 1 aliphatic rings. The van der Waals surface area contributed by atoms with Gasteiger partial charge < -0.3 is 19.9 Å². The lowest BCUT2D eigenvalue weighted by Gasteiger charge is -2.31. The molecule has 1 aliphatic heterocycles. The van der Waals surface area contributed by atoms with Gasteiger partial charge in [0, 0.05) is 43.2 Å². The fourth-order valence-corrected chi connectivity index (χ4v) is 3.50. The van der Waals surface area contributed by atoms with Crippen LogP contribution in [0.25, 0.3) is 10.9 Å². The smallest absolute Gasteiger partial charge is 0.407 e. The summed E-state index contributed by atoms with van der Waals surface area (Å²) in [4.78, 5) is 29.4. The lowest BCUT2D eigenvalue weighted by atomic mass is 9.93. The van der Waals surface area contributed by atoms with Crippen LogP contribution in [0.4, 0.5) is 4.79 Å². The molecule has 0 aliphatic carbocycles. The molecule has 1 aromatic heterocycles. The van der Waals surface area contributed by atoms with Gasteiger partial charge in [0.15, 0.2) is 0 Å². The van der Waals surface area contributed by atoms with Gasteiger partial charge in [-0.25, -0.2) is 4.79 Å². The van der Waals surface area contributed by atoms with Crippen LogP contribution < -0.4 is 5.32 Å². The van der Waals surface area contributed by atoms with Gasteiger partial charge in [-0.2, -0.15) is 0 Å². The van der Waals surface area contributed by atoms with E-state index in [-0.39, 0.29) is 5.91 Å².